The molecule has 3 amide bonds. The largest absolute Gasteiger partial charge is 0.496 e. The van der Waals surface area contributed by atoms with Gasteiger partial charge >= 0.3 is 0 Å². The average Bonchev–Trinajstić information content (AvgIpc) is 3.33. The van der Waals surface area contributed by atoms with Crippen molar-refractivity contribution in [3.05, 3.63) is 22.6 Å². The van der Waals surface area contributed by atoms with Gasteiger partial charge in [0.05, 0.1) is 24.8 Å². The smallest absolute Gasteiger partial charge is 0.294 e. The van der Waals surface area contributed by atoms with Crippen molar-refractivity contribution in [1.29, 1.82) is 0 Å². The van der Waals surface area contributed by atoms with Gasteiger partial charge in [0.2, 0.25) is 5.91 Å². The van der Waals surface area contributed by atoms with E-state index in [0.717, 1.165) is 74.0 Å². The van der Waals surface area contributed by atoms with E-state index in [1.807, 2.05) is 12.1 Å². The van der Waals surface area contributed by atoms with Crippen molar-refractivity contribution in [2.24, 2.45) is 0 Å². The van der Waals surface area contributed by atoms with Gasteiger partial charge in [-0.25, -0.2) is 0 Å². The van der Waals surface area contributed by atoms with Crippen LogP contribution in [0.4, 0.5) is 10.5 Å². The Bertz CT molecular complexity index is 950. The molecule has 1 aromatic carbocycles. The van der Waals surface area contributed by atoms with Crippen molar-refractivity contribution in [1.82, 2.24) is 9.80 Å². The maximum Gasteiger partial charge on any atom is 0.294 e. The maximum absolute atomic E-state index is 13.0. The Morgan fingerprint density at radius 3 is 2.21 bits per heavy atom. The first-order chi connectivity index (χ1) is 16.0. The summed E-state index contributed by atoms with van der Waals surface area (Å²) in [5.41, 5.74) is 1.61. The summed E-state index contributed by atoms with van der Waals surface area (Å²) >= 11 is 0.853. The molecule has 3 aliphatic heterocycles. The van der Waals surface area contributed by atoms with Crippen LogP contribution in [-0.4, -0.2) is 73.8 Å². The predicted octanol–water partition coefficient (Wildman–Crippen LogP) is 3.74. The lowest BCUT2D eigenvalue weighted by molar-refractivity contribution is -0.135. The fraction of sp³-hybridized carbons (Fsp3) is 0.542. The number of amides is 3. The highest BCUT2D eigenvalue weighted by atomic mass is 32.2. The number of nitrogens with zero attached hydrogens (tertiary/aromatic N) is 3. The Morgan fingerprint density at radius 2 is 1.58 bits per heavy atom. The molecule has 178 valence electrons. The maximum atomic E-state index is 13.0. The van der Waals surface area contributed by atoms with Crippen molar-refractivity contribution in [2.45, 2.75) is 38.5 Å². The monoisotopic (exact) mass is 473 g/mol. The molecule has 8 nitrogen and oxygen atoms in total. The summed E-state index contributed by atoms with van der Waals surface area (Å²) in [6, 6.07) is 3.76. The summed E-state index contributed by atoms with van der Waals surface area (Å²) < 4.78 is 11.2. The second-order valence-electron chi connectivity index (χ2n) is 8.52. The molecule has 0 N–H and O–H groups in total. The fourth-order valence-electron chi connectivity index (χ4n) is 4.56. The third-order valence-electron chi connectivity index (χ3n) is 6.39. The minimum absolute atomic E-state index is 0.172. The van der Waals surface area contributed by atoms with Crippen LogP contribution >= 0.6 is 11.8 Å². The Kier molecular flexibility index (Phi) is 7.47. The van der Waals surface area contributed by atoms with Crippen molar-refractivity contribution in [3.63, 3.8) is 0 Å². The van der Waals surface area contributed by atoms with Gasteiger partial charge in [-0.15, -0.1) is 0 Å². The van der Waals surface area contributed by atoms with Gasteiger partial charge in [-0.05, 0) is 49.6 Å². The van der Waals surface area contributed by atoms with Crippen molar-refractivity contribution < 1.29 is 23.9 Å². The van der Waals surface area contributed by atoms with Gasteiger partial charge in [0.1, 0.15) is 18.0 Å². The number of carbonyl (C=O) groups excluding carboxylic acids is 3. The van der Waals surface area contributed by atoms with E-state index < -0.39 is 11.1 Å². The summed E-state index contributed by atoms with van der Waals surface area (Å²) in [5, 5.41) is -0.422. The first-order valence-corrected chi connectivity index (χ1v) is 12.4. The topological polar surface area (TPSA) is 79.4 Å². The van der Waals surface area contributed by atoms with Crippen LogP contribution in [0.15, 0.2) is 17.0 Å². The molecule has 0 atom stereocenters. The van der Waals surface area contributed by atoms with Crippen LogP contribution in [0.25, 0.3) is 6.08 Å². The number of imide groups is 1. The van der Waals surface area contributed by atoms with Crippen LogP contribution < -0.4 is 14.4 Å². The number of ether oxygens (including phenoxy) is 2. The Labute approximate surface area is 198 Å². The SMILES string of the molecule is COc1cc(N2CCCC2)c(OC)cc1C=C1SC(=O)N(CC(=O)N2CCCCCC2)C1=O. The fourth-order valence-corrected chi connectivity index (χ4v) is 5.39. The van der Waals surface area contributed by atoms with E-state index in [2.05, 4.69) is 4.90 Å². The van der Waals surface area contributed by atoms with Crippen molar-refractivity contribution >= 4 is 40.6 Å². The number of anilines is 1. The number of likely N-dealkylation sites (tertiary alicyclic amines) is 1. The minimum atomic E-state index is -0.446. The number of thioether (sulfide) groups is 1. The number of methoxy groups -OCH3 is 2. The number of benzene rings is 1. The second-order valence-corrected chi connectivity index (χ2v) is 9.52. The van der Waals surface area contributed by atoms with E-state index in [9.17, 15) is 14.4 Å². The van der Waals surface area contributed by atoms with Crippen LogP contribution in [0.3, 0.4) is 0 Å². The Balaban J connectivity index is 1.54. The minimum Gasteiger partial charge on any atom is -0.496 e. The molecule has 0 bridgehead atoms. The lowest BCUT2D eigenvalue weighted by Crippen LogP contribution is -2.42. The summed E-state index contributed by atoms with van der Waals surface area (Å²) in [7, 11) is 3.20. The summed E-state index contributed by atoms with van der Waals surface area (Å²) in [6.45, 7) is 3.08. The van der Waals surface area contributed by atoms with Gasteiger partial charge in [0.25, 0.3) is 11.1 Å². The molecule has 0 radical (unpaired) electrons. The van der Waals surface area contributed by atoms with Crippen LogP contribution in [0.2, 0.25) is 0 Å². The van der Waals surface area contributed by atoms with E-state index in [1.54, 1.807) is 25.2 Å². The lowest BCUT2D eigenvalue weighted by atomic mass is 10.1. The number of hydrogen-bond donors (Lipinski definition) is 0. The number of carbonyl (C=O) groups is 3. The zero-order valence-corrected chi connectivity index (χ0v) is 20.1. The third kappa shape index (κ3) is 5.13. The number of rotatable bonds is 6. The molecular formula is C24H31N3O5S. The van der Waals surface area contributed by atoms with E-state index in [-0.39, 0.29) is 17.4 Å². The van der Waals surface area contributed by atoms with E-state index in [1.165, 1.54) is 0 Å². The molecule has 1 aromatic rings. The highest BCUT2D eigenvalue weighted by Gasteiger charge is 2.37. The molecule has 3 heterocycles. The highest BCUT2D eigenvalue weighted by Crippen LogP contribution is 2.40. The van der Waals surface area contributed by atoms with Crippen LogP contribution in [-0.2, 0) is 9.59 Å². The normalized spacial score (nSPS) is 20.5. The molecule has 9 heteroatoms. The third-order valence-corrected chi connectivity index (χ3v) is 7.30. The first-order valence-electron chi connectivity index (χ1n) is 11.6. The van der Waals surface area contributed by atoms with Gasteiger partial charge in [0.15, 0.2) is 0 Å². The summed E-state index contributed by atoms with van der Waals surface area (Å²) in [6.07, 6.45) is 8.06. The van der Waals surface area contributed by atoms with E-state index in [4.69, 9.17) is 9.47 Å². The zero-order valence-electron chi connectivity index (χ0n) is 19.3. The molecule has 0 aromatic heterocycles. The number of hydrogen-bond acceptors (Lipinski definition) is 7. The van der Waals surface area contributed by atoms with Crippen LogP contribution in [0, 0.1) is 0 Å². The highest BCUT2D eigenvalue weighted by molar-refractivity contribution is 8.18. The molecule has 4 rings (SSSR count). The van der Waals surface area contributed by atoms with Gasteiger partial charge in [-0.2, -0.15) is 0 Å². The summed E-state index contributed by atoms with van der Waals surface area (Å²) in [4.78, 5) is 43.6. The van der Waals surface area contributed by atoms with Gasteiger partial charge < -0.3 is 19.3 Å². The Morgan fingerprint density at radius 1 is 0.939 bits per heavy atom. The molecule has 0 aliphatic carbocycles. The molecule has 33 heavy (non-hydrogen) atoms. The standard InChI is InChI=1S/C24H31N3O5S/c1-31-19-15-18(25-9-7-8-10-25)20(32-2)13-17(19)14-21-23(29)27(24(30)33-21)16-22(28)26-11-5-3-4-6-12-26/h13-15H,3-12,16H2,1-2H3. The molecule has 3 aliphatic rings. The van der Waals surface area contributed by atoms with Gasteiger partial charge in [-0.3, -0.25) is 19.3 Å². The van der Waals surface area contributed by atoms with Gasteiger partial charge in [-0.1, -0.05) is 12.8 Å². The quantitative estimate of drug-likeness (QED) is 0.582. The second kappa shape index (κ2) is 10.5. The summed E-state index contributed by atoms with van der Waals surface area (Å²) in [5.74, 6) is 0.678. The van der Waals surface area contributed by atoms with E-state index in [0.29, 0.717) is 30.2 Å². The van der Waals surface area contributed by atoms with Gasteiger partial charge in [0, 0.05) is 37.8 Å². The first kappa shape index (κ1) is 23.5. The predicted molar refractivity (Wildman–Crippen MR) is 129 cm³/mol. The lowest BCUT2D eigenvalue weighted by Gasteiger charge is -2.22. The van der Waals surface area contributed by atoms with Crippen LogP contribution in [0.1, 0.15) is 44.1 Å². The average molecular weight is 474 g/mol. The van der Waals surface area contributed by atoms with Crippen molar-refractivity contribution in [2.75, 3.05) is 51.8 Å². The Hall–Kier alpha value is -2.68. The molecule has 0 spiro atoms. The molecular weight excluding hydrogens is 442 g/mol. The molecule has 0 unspecified atom stereocenters. The van der Waals surface area contributed by atoms with Crippen LogP contribution in [0.5, 0.6) is 11.5 Å². The zero-order chi connectivity index (χ0) is 23.4. The molecule has 0 saturated carbocycles. The van der Waals surface area contributed by atoms with Crippen molar-refractivity contribution in [3.8, 4) is 11.5 Å². The molecule has 3 fully saturated rings. The van der Waals surface area contributed by atoms with E-state index >= 15 is 0 Å². The molecule has 3 saturated heterocycles.